The predicted molar refractivity (Wildman–Crippen MR) is 108 cm³/mol. The lowest BCUT2D eigenvalue weighted by molar-refractivity contribution is 0.269. The first-order chi connectivity index (χ1) is 12.5. The Hall–Kier alpha value is -2.05. The van der Waals surface area contributed by atoms with Crippen LogP contribution in [-0.2, 0) is 16.5 Å². The normalized spacial score (nSPS) is 20.1. The number of ether oxygens (including phenoxy) is 1. The zero-order valence-electron chi connectivity index (χ0n) is 16.4. The highest BCUT2D eigenvalue weighted by Gasteiger charge is 2.41. The molecule has 0 saturated heterocycles. The number of fused-ring (bicyclic) bond motifs is 1. The van der Waals surface area contributed by atoms with Crippen LogP contribution in [0.3, 0.4) is 0 Å². The fraction of sp³-hybridized carbons (Fsp3) is 0.381. The second-order valence-corrected chi connectivity index (χ2v) is 10.1. The Kier molecular flexibility index (Phi) is 4.99. The summed E-state index contributed by atoms with van der Waals surface area (Å²) in [5.41, 5.74) is 3.19. The summed E-state index contributed by atoms with van der Waals surface area (Å²) in [5, 5.41) is 0. The molecule has 2 heterocycles. The number of benzene rings is 1. The number of halogens is 1. The summed E-state index contributed by atoms with van der Waals surface area (Å²) < 4.78 is 34.9. The van der Waals surface area contributed by atoms with E-state index in [1.807, 2.05) is 40.7 Å². The van der Waals surface area contributed by atoms with Crippen LogP contribution in [0.2, 0.25) is 0 Å². The smallest absolute Gasteiger partial charge is 0.150 e. The topological polar surface area (TPSA) is 51.2 Å². The van der Waals surface area contributed by atoms with Crippen LogP contribution in [0.25, 0.3) is 16.8 Å². The van der Waals surface area contributed by atoms with E-state index in [0.717, 1.165) is 22.4 Å². The molecule has 2 aromatic rings. The quantitative estimate of drug-likeness (QED) is 0.834. The second kappa shape index (κ2) is 6.84. The number of aromatic nitrogens is 1. The zero-order valence-corrected chi connectivity index (χ0v) is 17.2. The van der Waals surface area contributed by atoms with E-state index in [9.17, 15) is 8.60 Å². The molecule has 0 amide bonds. The Bertz CT molecular complexity index is 919. The zero-order chi connectivity index (χ0) is 20.0. The minimum absolute atomic E-state index is 0.306. The van der Waals surface area contributed by atoms with E-state index in [0.29, 0.717) is 18.1 Å². The van der Waals surface area contributed by atoms with Gasteiger partial charge in [-0.3, -0.25) is 0 Å². The van der Waals surface area contributed by atoms with Gasteiger partial charge in [0, 0.05) is 11.1 Å². The largest absolute Gasteiger partial charge is 0.489 e. The summed E-state index contributed by atoms with van der Waals surface area (Å²) in [6.45, 7) is 14.0. The summed E-state index contributed by atoms with van der Waals surface area (Å²) in [6.07, 6.45) is 0. The lowest BCUT2D eigenvalue weighted by Gasteiger charge is -2.29. The first-order valence-corrected chi connectivity index (χ1v) is 9.96. The Morgan fingerprint density at radius 3 is 2.52 bits per heavy atom. The molecular formula is C21H25FN2O2S. The third-order valence-electron chi connectivity index (χ3n) is 4.50. The molecule has 2 atom stereocenters. The van der Waals surface area contributed by atoms with Gasteiger partial charge in [-0.25, -0.2) is 18.3 Å². The van der Waals surface area contributed by atoms with Gasteiger partial charge in [-0.15, -0.1) is 0 Å². The second-order valence-electron chi connectivity index (χ2n) is 8.12. The molecule has 3 rings (SSSR count). The van der Waals surface area contributed by atoms with Gasteiger partial charge in [-0.05, 0) is 70.5 Å². The Morgan fingerprint density at radius 1 is 1.33 bits per heavy atom. The number of pyridine rings is 1. The molecule has 144 valence electrons. The summed E-state index contributed by atoms with van der Waals surface area (Å²) >= 11 is 0. The van der Waals surface area contributed by atoms with Gasteiger partial charge in [0.2, 0.25) is 0 Å². The maximum Gasteiger partial charge on any atom is 0.150 e. The van der Waals surface area contributed by atoms with Crippen LogP contribution in [0.15, 0.2) is 36.9 Å². The van der Waals surface area contributed by atoms with Crippen molar-refractivity contribution in [2.45, 2.75) is 44.9 Å². The monoisotopic (exact) mass is 388 g/mol. The van der Waals surface area contributed by atoms with E-state index in [4.69, 9.17) is 4.74 Å². The number of nitrogens with zero attached hydrogens (tertiary/aromatic N) is 1. The van der Waals surface area contributed by atoms with Crippen molar-refractivity contribution in [2.75, 3.05) is 6.61 Å². The van der Waals surface area contributed by atoms with Crippen LogP contribution in [0, 0.1) is 5.82 Å². The molecule has 0 saturated carbocycles. The lowest BCUT2D eigenvalue weighted by Crippen LogP contribution is -2.47. The van der Waals surface area contributed by atoms with Gasteiger partial charge in [-0.1, -0.05) is 6.58 Å². The fourth-order valence-corrected chi connectivity index (χ4v) is 3.73. The van der Waals surface area contributed by atoms with Gasteiger partial charge in [-0.2, -0.15) is 0 Å². The van der Waals surface area contributed by atoms with Crippen LogP contribution in [0.5, 0.6) is 5.75 Å². The van der Waals surface area contributed by atoms with E-state index in [-0.39, 0.29) is 5.82 Å². The molecule has 1 aliphatic rings. The van der Waals surface area contributed by atoms with Crippen LogP contribution in [-0.4, -0.2) is 20.5 Å². The van der Waals surface area contributed by atoms with Gasteiger partial charge in [0.25, 0.3) is 0 Å². The fourth-order valence-electron chi connectivity index (χ4n) is 2.85. The Labute approximate surface area is 162 Å². The van der Waals surface area contributed by atoms with Gasteiger partial charge in [0.15, 0.2) is 5.75 Å². The molecule has 0 bridgehead atoms. The molecule has 1 aliphatic heterocycles. The van der Waals surface area contributed by atoms with Crippen molar-refractivity contribution in [1.29, 1.82) is 0 Å². The predicted octanol–water partition coefficient (Wildman–Crippen LogP) is 4.58. The molecule has 6 heteroatoms. The third kappa shape index (κ3) is 3.82. The highest BCUT2D eigenvalue weighted by Crippen LogP contribution is 2.44. The molecule has 0 spiro atoms. The van der Waals surface area contributed by atoms with E-state index < -0.39 is 21.3 Å². The summed E-state index contributed by atoms with van der Waals surface area (Å²) in [5.74, 6) is 0.326. The molecule has 0 radical (unpaired) electrons. The average molecular weight is 389 g/mol. The first kappa shape index (κ1) is 19.7. The van der Waals surface area contributed by atoms with Crippen LogP contribution in [0.4, 0.5) is 4.39 Å². The molecule has 0 fully saturated rings. The minimum Gasteiger partial charge on any atom is -0.489 e. The SMILES string of the molecule is C=C(C)c1cc2c(c(-c3ccc(F)cc3)n1)OC[C@]2(C)N[S@](=O)C(C)(C)C. The van der Waals surface area contributed by atoms with Crippen LogP contribution < -0.4 is 9.46 Å². The Balaban J connectivity index is 2.14. The van der Waals surface area contributed by atoms with E-state index in [1.165, 1.54) is 12.1 Å². The van der Waals surface area contributed by atoms with Crippen LogP contribution in [0.1, 0.15) is 45.9 Å². The number of hydrogen-bond donors (Lipinski definition) is 1. The van der Waals surface area contributed by atoms with E-state index >= 15 is 0 Å². The standard InChI is InChI=1S/C21H25FN2O2S/c1-13(2)17-11-16-19(18(23-17)14-7-9-15(22)10-8-14)26-12-21(16,6)24-27(25)20(3,4)5/h7-11,24H,1,12H2,2-6H3/t21-,27+/m0/s1. The molecule has 27 heavy (non-hydrogen) atoms. The van der Waals surface area contributed by atoms with Crippen molar-refractivity contribution >= 4 is 16.6 Å². The molecule has 0 unspecified atom stereocenters. The van der Waals surface area contributed by atoms with Crippen LogP contribution >= 0.6 is 0 Å². The van der Waals surface area contributed by atoms with Gasteiger partial charge >= 0.3 is 0 Å². The molecular weight excluding hydrogens is 363 g/mol. The molecule has 1 aromatic carbocycles. The van der Waals surface area contributed by atoms with E-state index in [1.54, 1.807) is 12.1 Å². The van der Waals surface area contributed by atoms with Crippen molar-refractivity contribution in [2.24, 2.45) is 0 Å². The average Bonchev–Trinajstić information content (AvgIpc) is 2.91. The molecule has 1 N–H and O–H groups in total. The van der Waals surface area contributed by atoms with Gasteiger partial charge in [0.05, 0.1) is 27.0 Å². The van der Waals surface area contributed by atoms with Crippen molar-refractivity contribution in [3.05, 3.63) is 54.0 Å². The minimum atomic E-state index is -1.27. The summed E-state index contributed by atoms with van der Waals surface area (Å²) in [4.78, 5) is 4.69. The number of hydrogen-bond acceptors (Lipinski definition) is 3. The lowest BCUT2D eigenvalue weighted by atomic mass is 9.93. The van der Waals surface area contributed by atoms with E-state index in [2.05, 4.69) is 16.3 Å². The number of nitrogens with one attached hydrogen (secondary N) is 1. The maximum atomic E-state index is 13.4. The number of allylic oxidation sites excluding steroid dienone is 1. The third-order valence-corrected chi connectivity index (χ3v) is 6.25. The van der Waals surface area contributed by atoms with Crippen molar-refractivity contribution in [1.82, 2.24) is 9.71 Å². The highest BCUT2D eigenvalue weighted by molar-refractivity contribution is 7.84. The summed E-state index contributed by atoms with van der Waals surface area (Å²) in [6, 6.07) is 8.10. The highest BCUT2D eigenvalue weighted by atomic mass is 32.2. The van der Waals surface area contributed by atoms with Gasteiger partial charge in [0.1, 0.15) is 18.1 Å². The molecule has 0 aliphatic carbocycles. The van der Waals surface area contributed by atoms with Gasteiger partial charge < -0.3 is 4.74 Å². The summed E-state index contributed by atoms with van der Waals surface area (Å²) in [7, 11) is -1.27. The van der Waals surface area contributed by atoms with Crippen molar-refractivity contribution in [3.8, 4) is 17.0 Å². The Morgan fingerprint density at radius 2 is 1.96 bits per heavy atom. The maximum absolute atomic E-state index is 13.4. The number of rotatable bonds is 4. The molecule has 4 nitrogen and oxygen atoms in total. The van der Waals surface area contributed by atoms with Crippen molar-refractivity contribution in [3.63, 3.8) is 0 Å². The first-order valence-electron chi connectivity index (χ1n) is 8.81. The van der Waals surface area contributed by atoms with Crippen molar-refractivity contribution < 1.29 is 13.3 Å². The molecule has 1 aromatic heterocycles.